The highest BCUT2D eigenvalue weighted by molar-refractivity contribution is 7.98. The quantitative estimate of drug-likeness (QED) is 0.262. The van der Waals surface area contributed by atoms with Gasteiger partial charge in [-0.3, -0.25) is 4.79 Å². The number of fused-ring (bicyclic) bond motifs is 1. The molecule has 0 bridgehead atoms. The summed E-state index contributed by atoms with van der Waals surface area (Å²) in [4.78, 5) is 20.4. The summed E-state index contributed by atoms with van der Waals surface area (Å²) in [5.74, 6) is -0.399. The van der Waals surface area contributed by atoms with Crippen LogP contribution in [0, 0.1) is 0 Å². The number of carbonyl (C=O) groups is 1. The average molecular weight is 504 g/mol. The second-order valence-electron chi connectivity index (χ2n) is 7.01. The van der Waals surface area contributed by atoms with Crippen molar-refractivity contribution in [1.29, 1.82) is 0 Å². The van der Waals surface area contributed by atoms with Crippen LogP contribution in [-0.2, 0) is 21.2 Å². The number of carboxylic acid groups (broad SMARTS) is 1. The van der Waals surface area contributed by atoms with Crippen LogP contribution in [0.25, 0.3) is 21.5 Å². The van der Waals surface area contributed by atoms with Crippen LogP contribution in [0.4, 0.5) is 0 Å². The summed E-state index contributed by atoms with van der Waals surface area (Å²) in [5.41, 5.74) is 1.75. The zero-order chi connectivity index (χ0) is 23.6. The Labute approximate surface area is 199 Å². The number of thiophene rings is 1. The lowest BCUT2D eigenvalue weighted by Gasteiger charge is -2.07. The van der Waals surface area contributed by atoms with Crippen molar-refractivity contribution in [3.63, 3.8) is 0 Å². The van der Waals surface area contributed by atoms with Crippen LogP contribution >= 0.6 is 23.1 Å². The van der Waals surface area contributed by atoms with Crippen LogP contribution in [-0.4, -0.2) is 46.3 Å². The Kier molecular flexibility index (Phi) is 6.73. The van der Waals surface area contributed by atoms with Gasteiger partial charge in [0.2, 0.25) is 0 Å². The molecular weight excluding hydrogens is 482 g/mol. The van der Waals surface area contributed by atoms with Gasteiger partial charge in [0, 0.05) is 30.3 Å². The zero-order valence-corrected chi connectivity index (χ0v) is 20.3. The van der Waals surface area contributed by atoms with Gasteiger partial charge < -0.3 is 9.84 Å². The minimum atomic E-state index is -3.93. The highest BCUT2D eigenvalue weighted by Gasteiger charge is 2.24. The van der Waals surface area contributed by atoms with Gasteiger partial charge in [-0.05, 0) is 55.5 Å². The molecule has 4 aromatic rings. The van der Waals surface area contributed by atoms with Crippen molar-refractivity contribution in [3.8, 4) is 16.3 Å². The Morgan fingerprint density at radius 3 is 2.79 bits per heavy atom. The molecule has 0 atom stereocenters. The van der Waals surface area contributed by atoms with Gasteiger partial charge in [-0.1, -0.05) is 11.8 Å². The molecule has 172 valence electrons. The van der Waals surface area contributed by atoms with E-state index in [1.807, 2.05) is 13.2 Å². The fourth-order valence-electron chi connectivity index (χ4n) is 3.41. The second-order valence-corrected chi connectivity index (χ2v) is 10.9. The normalized spacial score (nSPS) is 11.7. The molecule has 0 aliphatic heterocycles. The molecule has 0 unspecified atom stereocenters. The number of hydrogen-bond donors (Lipinski definition) is 1. The third kappa shape index (κ3) is 4.75. The minimum Gasteiger partial charge on any atom is -0.494 e. The Morgan fingerprint density at radius 1 is 1.24 bits per heavy atom. The van der Waals surface area contributed by atoms with Gasteiger partial charge in [0.05, 0.1) is 22.7 Å². The van der Waals surface area contributed by atoms with Crippen molar-refractivity contribution in [2.24, 2.45) is 0 Å². The predicted octanol–water partition coefficient (Wildman–Crippen LogP) is 4.53. The number of aryl methyl sites for hydroxylation is 1. The average Bonchev–Trinajstić information content (AvgIpc) is 3.44. The summed E-state index contributed by atoms with van der Waals surface area (Å²) in [7, 11) is -3.93. The Hall–Kier alpha value is -2.89. The first kappa shape index (κ1) is 23.3. The van der Waals surface area contributed by atoms with Crippen LogP contribution in [0.2, 0.25) is 0 Å². The molecule has 33 heavy (non-hydrogen) atoms. The second kappa shape index (κ2) is 9.54. The first-order chi connectivity index (χ1) is 15.8. The predicted molar refractivity (Wildman–Crippen MR) is 129 cm³/mol. The van der Waals surface area contributed by atoms with E-state index >= 15 is 0 Å². The van der Waals surface area contributed by atoms with E-state index in [9.17, 15) is 13.2 Å². The molecule has 0 aliphatic rings. The SMILES string of the molecule is CCOc1ccc2c(CCC(=O)O)cn(S(=O)(=O)c3ccc(-c4ccnc(SC)n4)s3)c2c1. The van der Waals surface area contributed by atoms with Gasteiger partial charge in [0.25, 0.3) is 10.0 Å². The van der Waals surface area contributed by atoms with Crippen molar-refractivity contribution in [1.82, 2.24) is 13.9 Å². The lowest BCUT2D eigenvalue weighted by Crippen LogP contribution is -2.10. The van der Waals surface area contributed by atoms with Crippen LogP contribution in [0.15, 0.2) is 58.2 Å². The molecule has 11 heteroatoms. The fraction of sp³-hybridized carbons (Fsp3) is 0.227. The third-order valence-electron chi connectivity index (χ3n) is 4.91. The Morgan fingerprint density at radius 2 is 2.06 bits per heavy atom. The largest absolute Gasteiger partial charge is 0.494 e. The molecule has 0 radical (unpaired) electrons. The molecule has 1 N–H and O–H groups in total. The third-order valence-corrected chi connectivity index (χ3v) is 8.72. The van der Waals surface area contributed by atoms with Crippen LogP contribution in [0.5, 0.6) is 5.75 Å². The molecule has 0 amide bonds. The monoisotopic (exact) mass is 503 g/mol. The first-order valence-electron chi connectivity index (χ1n) is 10.0. The first-order valence-corrected chi connectivity index (χ1v) is 13.5. The highest BCUT2D eigenvalue weighted by atomic mass is 32.2. The number of aliphatic carboxylic acids is 1. The summed E-state index contributed by atoms with van der Waals surface area (Å²) in [6.45, 7) is 2.29. The van der Waals surface area contributed by atoms with E-state index in [-0.39, 0.29) is 17.1 Å². The molecular formula is C22H21N3O5S3. The van der Waals surface area contributed by atoms with E-state index in [0.717, 1.165) is 11.3 Å². The van der Waals surface area contributed by atoms with E-state index in [4.69, 9.17) is 9.84 Å². The van der Waals surface area contributed by atoms with Gasteiger partial charge >= 0.3 is 5.97 Å². The van der Waals surface area contributed by atoms with Gasteiger partial charge in [-0.15, -0.1) is 11.3 Å². The van der Waals surface area contributed by atoms with E-state index < -0.39 is 16.0 Å². The number of hydrogen-bond acceptors (Lipinski definition) is 8. The number of nitrogens with zero attached hydrogens (tertiary/aromatic N) is 3. The van der Waals surface area contributed by atoms with E-state index in [1.54, 1.807) is 42.6 Å². The Balaban J connectivity index is 1.80. The lowest BCUT2D eigenvalue weighted by atomic mass is 10.1. The topological polar surface area (TPSA) is 111 Å². The molecule has 8 nitrogen and oxygen atoms in total. The van der Waals surface area contributed by atoms with Crippen LogP contribution < -0.4 is 4.74 Å². The van der Waals surface area contributed by atoms with Gasteiger partial charge in [-0.2, -0.15) is 8.42 Å². The number of benzene rings is 1. The van der Waals surface area contributed by atoms with Gasteiger partial charge in [-0.25, -0.2) is 13.9 Å². The van der Waals surface area contributed by atoms with Crippen LogP contribution in [0.1, 0.15) is 18.9 Å². The maximum absolute atomic E-state index is 13.6. The van der Waals surface area contributed by atoms with Gasteiger partial charge in [0.15, 0.2) is 5.16 Å². The summed E-state index contributed by atoms with van der Waals surface area (Å²) < 4.78 is 34.2. The van der Waals surface area contributed by atoms with Crippen molar-refractivity contribution < 1.29 is 23.1 Å². The maximum atomic E-state index is 13.6. The summed E-state index contributed by atoms with van der Waals surface area (Å²) in [6.07, 6.45) is 5.15. The van der Waals surface area contributed by atoms with Crippen LogP contribution in [0.3, 0.4) is 0 Å². The standard InChI is InChI=1S/C22H21N3O5S3/c1-3-30-15-5-6-16-14(4-8-20(26)27)13-25(18(16)12-15)33(28,29)21-9-7-19(32-21)17-10-11-23-22(24-17)31-2/h5-7,9-13H,3-4,8H2,1-2H3,(H,26,27). The number of ether oxygens (including phenoxy) is 1. The van der Waals surface area contributed by atoms with E-state index in [1.165, 1.54) is 21.9 Å². The molecule has 4 rings (SSSR count). The van der Waals surface area contributed by atoms with Crippen molar-refractivity contribution in [3.05, 3.63) is 54.4 Å². The lowest BCUT2D eigenvalue weighted by molar-refractivity contribution is -0.136. The fourth-order valence-corrected chi connectivity index (χ4v) is 6.52. The molecule has 0 saturated carbocycles. The van der Waals surface area contributed by atoms with Crippen molar-refractivity contribution >= 4 is 50.0 Å². The molecule has 3 aromatic heterocycles. The molecule has 1 aromatic carbocycles. The minimum absolute atomic E-state index is 0.0962. The summed E-state index contributed by atoms with van der Waals surface area (Å²) in [5, 5.41) is 10.4. The number of aromatic nitrogens is 3. The molecule has 0 fully saturated rings. The molecule has 0 spiro atoms. The van der Waals surface area contributed by atoms with Gasteiger partial charge in [0.1, 0.15) is 9.96 Å². The number of thioether (sulfide) groups is 1. The van der Waals surface area contributed by atoms with E-state index in [0.29, 0.717) is 44.6 Å². The summed E-state index contributed by atoms with van der Waals surface area (Å²) in [6, 6.07) is 10.2. The van der Waals surface area contributed by atoms with Crippen molar-refractivity contribution in [2.45, 2.75) is 29.1 Å². The Bertz CT molecular complexity index is 1430. The highest BCUT2D eigenvalue weighted by Crippen LogP contribution is 2.35. The van der Waals surface area contributed by atoms with Crippen molar-refractivity contribution in [2.75, 3.05) is 12.9 Å². The smallest absolute Gasteiger partial charge is 0.303 e. The number of rotatable bonds is 9. The van der Waals surface area contributed by atoms with E-state index in [2.05, 4.69) is 9.97 Å². The zero-order valence-electron chi connectivity index (χ0n) is 17.9. The molecule has 0 aliphatic carbocycles. The molecule has 0 saturated heterocycles. The maximum Gasteiger partial charge on any atom is 0.303 e. The number of carboxylic acids is 1. The summed E-state index contributed by atoms with van der Waals surface area (Å²) >= 11 is 2.53. The molecule has 3 heterocycles.